The highest BCUT2D eigenvalue weighted by Crippen LogP contribution is 2.41. The van der Waals surface area contributed by atoms with Crippen molar-refractivity contribution in [2.45, 2.75) is 51.0 Å². The Hall–Kier alpha value is -0.893. The van der Waals surface area contributed by atoms with Crippen LogP contribution in [-0.4, -0.2) is 41.6 Å². The SMILES string of the molecule is CN[C@@H](C(=O)OC)[C@@H](O[Si](C)(C)C(C)(C)C)c1ccc(OC)c(Br)c1. The van der Waals surface area contributed by atoms with Gasteiger partial charge in [-0.2, -0.15) is 0 Å². The molecule has 25 heavy (non-hydrogen) atoms. The van der Waals surface area contributed by atoms with E-state index < -0.39 is 20.5 Å². The summed E-state index contributed by atoms with van der Waals surface area (Å²) in [6.45, 7) is 10.9. The van der Waals surface area contributed by atoms with Crippen LogP contribution in [0.5, 0.6) is 5.75 Å². The van der Waals surface area contributed by atoms with Gasteiger partial charge in [0.15, 0.2) is 8.32 Å². The molecule has 0 aliphatic carbocycles. The molecular formula is C18H30BrNO4Si. The largest absolute Gasteiger partial charge is 0.496 e. The summed E-state index contributed by atoms with van der Waals surface area (Å²) < 4.78 is 17.7. The molecule has 0 saturated carbocycles. The standard InChI is InChI=1S/C18H30BrNO4Si/c1-18(2,3)25(7,8)24-16(15(20-4)17(21)23-6)12-9-10-14(22-5)13(19)11-12/h9-11,15-16,20H,1-8H3/t15-,16+/m1/s1. The first-order valence-electron chi connectivity index (χ1n) is 8.25. The number of carbonyl (C=O) groups excluding carboxylic acids is 1. The lowest BCUT2D eigenvalue weighted by Crippen LogP contribution is -2.49. The molecule has 0 radical (unpaired) electrons. The fraction of sp³-hybridized carbons (Fsp3) is 0.611. The second-order valence-electron chi connectivity index (χ2n) is 7.48. The lowest BCUT2D eigenvalue weighted by atomic mass is 10.0. The fourth-order valence-electron chi connectivity index (χ4n) is 2.20. The van der Waals surface area contributed by atoms with Crippen molar-refractivity contribution < 1.29 is 18.7 Å². The second kappa shape index (κ2) is 8.66. The van der Waals surface area contributed by atoms with Gasteiger partial charge in [0, 0.05) is 0 Å². The van der Waals surface area contributed by atoms with Gasteiger partial charge in [0.25, 0.3) is 0 Å². The van der Waals surface area contributed by atoms with Gasteiger partial charge in [-0.1, -0.05) is 26.8 Å². The van der Waals surface area contributed by atoms with Gasteiger partial charge in [0.1, 0.15) is 11.8 Å². The first-order chi connectivity index (χ1) is 11.5. The maximum atomic E-state index is 12.3. The van der Waals surface area contributed by atoms with E-state index in [-0.39, 0.29) is 11.0 Å². The van der Waals surface area contributed by atoms with E-state index in [0.717, 1.165) is 15.8 Å². The van der Waals surface area contributed by atoms with Crippen molar-refractivity contribution in [3.8, 4) is 5.75 Å². The molecule has 142 valence electrons. The molecule has 2 atom stereocenters. The number of likely N-dealkylation sites (N-methyl/N-ethyl adjacent to an activating group) is 1. The zero-order valence-corrected chi connectivity index (χ0v) is 19.0. The molecule has 0 aromatic heterocycles. The minimum Gasteiger partial charge on any atom is -0.496 e. The number of hydrogen-bond donors (Lipinski definition) is 1. The smallest absolute Gasteiger partial charge is 0.325 e. The van der Waals surface area contributed by atoms with E-state index in [0.29, 0.717) is 0 Å². The van der Waals surface area contributed by atoms with E-state index in [1.807, 2.05) is 18.2 Å². The molecule has 0 saturated heterocycles. The molecular weight excluding hydrogens is 402 g/mol. The van der Waals surface area contributed by atoms with Crippen LogP contribution in [-0.2, 0) is 14.0 Å². The number of esters is 1. The summed E-state index contributed by atoms with van der Waals surface area (Å²) in [5.41, 5.74) is 0.891. The number of hydrogen-bond acceptors (Lipinski definition) is 5. The molecule has 1 N–H and O–H groups in total. The minimum absolute atomic E-state index is 0.0172. The third-order valence-corrected chi connectivity index (χ3v) is 9.88. The Kier molecular flexibility index (Phi) is 7.67. The third-order valence-electron chi connectivity index (χ3n) is 4.80. The molecule has 0 fully saturated rings. The maximum Gasteiger partial charge on any atom is 0.325 e. The van der Waals surface area contributed by atoms with Gasteiger partial charge in [0.05, 0.1) is 24.8 Å². The predicted molar refractivity (Wildman–Crippen MR) is 107 cm³/mol. The van der Waals surface area contributed by atoms with Crippen LogP contribution in [0.15, 0.2) is 22.7 Å². The molecule has 5 nitrogen and oxygen atoms in total. The van der Waals surface area contributed by atoms with E-state index >= 15 is 0 Å². The predicted octanol–water partition coefficient (Wildman–Crippen LogP) is 4.28. The molecule has 7 heteroatoms. The van der Waals surface area contributed by atoms with Crippen LogP contribution in [0.4, 0.5) is 0 Å². The molecule has 1 aromatic carbocycles. The minimum atomic E-state index is -2.12. The number of ether oxygens (including phenoxy) is 2. The molecule has 0 bridgehead atoms. The number of halogens is 1. The van der Waals surface area contributed by atoms with Crippen molar-refractivity contribution in [2.75, 3.05) is 21.3 Å². The maximum absolute atomic E-state index is 12.3. The number of benzene rings is 1. The molecule has 0 aliphatic rings. The van der Waals surface area contributed by atoms with Crippen molar-refractivity contribution in [3.05, 3.63) is 28.2 Å². The molecule has 0 aliphatic heterocycles. The van der Waals surface area contributed by atoms with Gasteiger partial charge in [-0.3, -0.25) is 4.79 Å². The Morgan fingerprint density at radius 2 is 1.84 bits per heavy atom. The lowest BCUT2D eigenvalue weighted by Gasteiger charge is -2.41. The average molecular weight is 432 g/mol. The zero-order chi connectivity index (χ0) is 19.4. The van der Waals surface area contributed by atoms with Crippen LogP contribution < -0.4 is 10.1 Å². The Labute approximate surface area is 160 Å². The van der Waals surface area contributed by atoms with Crippen molar-refractivity contribution in [3.63, 3.8) is 0 Å². The summed E-state index contributed by atoms with van der Waals surface area (Å²) in [7, 11) is 2.62. The van der Waals surface area contributed by atoms with Crippen LogP contribution in [0, 0.1) is 0 Å². The summed E-state index contributed by atoms with van der Waals surface area (Å²) in [5.74, 6) is 0.382. The molecule has 0 heterocycles. The molecule has 0 amide bonds. The number of methoxy groups -OCH3 is 2. The first kappa shape index (κ1) is 22.1. The van der Waals surface area contributed by atoms with Crippen molar-refractivity contribution in [1.82, 2.24) is 5.32 Å². The van der Waals surface area contributed by atoms with Crippen LogP contribution in [0.1, 0.15) is 32.4 Å². The first-order valence-corrected chi connectivity index (χ1v) is 11.9. The van der Waals surface area contributed by atoms with E-state index in [1.54, 1.807) is 14.2 Å². The van der Waals surface area contributed by atoms with Gasteiger partial charge in [-0.15, -0.1) is 0 Å². The Morgan fingerprint density at radius 1 is 1.24 bits per heavy atom. The van der Waals surface area contributed by atoms with Crippen molar-refractivity contribution >= 4 is 30.2 Å². The summed E-state index contributed by atoms with van der Waals surface area (Å²) in [6, 6.07) is 5.13. The Morgan fingerprint density at radius 3 is 2.24 bits per heavy atom. The second-order valence-corrected chi connectivity index (χ2v) is 13.1. The molecule has 1 rings (SSSR count). The van der Waals surface area contributed by atoms with Gasteiger partial charge >= 0.3 is 5.97 Å². The topological polar surface area (TPSA) is 56.8 Å². The van der Waals surface area contributed by atoms with Gasteiger partial charge in [-0.05, 0) is 58.8 Å². The van der Waals surface area contributed by atoms with Crippen molar-refractivity contribution in [2.24, 2.45) is 0 Å². The highest BCUT2D eigenvalue weighted by Gasteiger charge is 2.42. The average Bonchev–Trinajstić information content (AvgIpc) is 2.53. The zero-order valence-electron chi connectivity index (χ0n) is 16.4. The van der Waals surface area contributed by atoms with Crippen LogP contribution in [0.3, 0.4) is 0 Å². The summed E-state index contributed by atoms with van der Waals surface area (Å²) in [4.78, 5) is 12.3. The molecule has 1 aromatic rings. The highest BCUT2D eigenvalue weighted by molar-refractivity contribution is 9.10. The number of nitrogens with one attached hydrogen (secondary N) is 1. The van der Waals surface area contributed by atoms with Gasteiger partial charge in [0.2, 0.25) is 0 Å². The van der Waals surface area contributed by atoms with Crippen LogP contribution in [0.2, 0.25) is 18.1 Å². The quantitative estimate of drug-likeness (QED) is 0.515. The van der Waals surface area contributed by atoms with Crippen LogP contribution >= 0.6 is 15.9 Å². The normalized spacial score (nSPS) is 14.8. The monoisotopic (exact) mass is 431 g/mol. The summed E-state index contributed by atoms with van der Waals surface area (Å²) in [5, 5.41) is 3.07. The molecule has 0 spiro atoms. The van der Waals surface area contributed by atoms with Gasteiger partial charge in [-0.25, -0.2) is 0 Å². The van der Waals surface area contributed by atoms with E-state index in [1.165, 1.54) is 7.11 Å². The summed E-state index contributed by atoms with van der Waals surface area (Å²) in [6.07, 6.45) is -0.458. The Bertz CT molecular complexity index is 601. The van der Waals surface area contributed by atoms with E-state index in [2.05, 4.69) is 55.1 Å². The Balaban J connectivity index is 3.37. The fourth-order valence-corrected chi connectivity index (χ4v) is 4.02. The van der Waals surface area contributed by atoms with E-state index in [9.17, 15) is 4.79 Å². The highest BCUT2D eigenvalue weighted by atomic mass is 79.9. The summed E-state index contributed by atoms with van der Waals surface area (Å²) >= 11 is 3.51. The van der Waals surface area contributed by atoms with Gasteiger partial charge < -0.3 is 19.2 Å². The third kappa shape index (κ3) is 5.29. The number of carbonyl (C=O) groups is 1. The molecule has 0 unspecified atom stereocenters. The van der Waals surface area contributed by atoms with Crippen LogP contribution in [0.25, 0.3) is 0 Å². The number of rotatable bonds is 7. The lowest BCUT2D eigenvalue weighted by molar-refractivity contribution is -0.145. The van der Waals surface area contributed by atoms with Crippen molar-refractivity contribution in [1.29, 1.82) is 0 Å². The van der Waals surface area contributed by atoms with E-state index in [4.69, 9.17) is 13.9 Å².